The summed E-state index contributed by atoms with van der Waals surface area (Å²) in [6.45, 7) is 0.210. The maximum absolute atomic E-state index is 11.7. The number of nitrogens with zero attached hydrogens (tertiary/aromatic N) is 3. The van der Waals surface area contributed by atoms with Crippen molar-refractivity contribution in [1.82, 2.24) is 4.98 Å². The number of aromatic nitrogens is 1. The molecule has 0 bridgehead atoms. The van der Waals surface area contributed by atoms with Gasteiger partial charge in [-0.25, -0.2) is 0 Å². The van der Waals surface area contributed by atoms with Crippen molar-refractivity contribution in [2.24, 2.45) is 0 Å². The molecule has 1 saturated heterocycles. The third-order valence-electron chi connectivity index (χ3n) is 2.57. The minimum absolute atomic E-state index is 0.0208. The second-order valence-corrected chi connectivity index (χ2v) is 4.38. The largest absolute Gasteiger partial charge is 0.481 e. The van der Waals surface area contributed by atoms with Gasteiger partial charge < -0.3 is 4.74 Å². The third-order valence-corrected chi connectivity index (χ3v) is 2.86. The van der Waals surface area contributed by atoms with Crippen LogP contribution in [0.3, 0.4) is 0 Å². The summed E-state index contributed by atoms with van der Waals surface area (Å²) < 4.78 is 4.91. The lowest BCUT2D eigenvalue weighted by Crippen LogP contribution is -2.26. The quantitative estimate of drug-likeness (QED) is 0.470. The number of rotatable bonds is 3. The van der Waals surface area contributed by atoms with E-state index in [0.29, 0.717) is 0 Å². The summed E-state index contributed by atoms with van der Waals surface area (Å²) in [5.74, 6) is -0.0900. The number of ether oxygens (including phenoxy) is 1. The standard InChI is InChI=1S/C10H10ClN3O4/c1-18-8-3-2-7(14(16)17)10(12-8)13-5-6(11)4-9(13)15/h2-3,6H,4-5H2,1H3. The Morgan fingerprint density at radius 2 is 2.33 bits per heavy atom. The summed E-state index contributed by atoms with van der Waals surface area (Å²) in [5.41, 5.74) is -0.241. The normalized spacial score (nSPS) is 19.1. The molecule has 1 unspecified atom stereocenters. The molecule has 0 aliphatic carbocycles. The number of carbonyl (C=O) groups excluding carboxylic acids is 1. The fourth-order valence-electron chi connectivity index (χ4n) is 1.75. The zero-order valence-corrected chi connectivity index (χ0v) is 10.3. The number of carbonyl (C=O) groups is 1. The van der Waals surface area contributed by atoms with Gasteiger partial charge in [0.25, 0.3) is 0 Å². The number of hydrogen-bond acceptors (Lipinski definition) is 5. The van der Waals surface area contributed by atoms with E-state index < -0.39 is 4.92 Å². The lowest BCUT2D eigenvalue weighted by atomic mass is 10.3. The number of halogens is 1. The van der Waals surface area contributed by atoms with Crippen LogP contribution >= 0.6 is 11.6 Å². The Morgan fingerprint density at radius 1 is 1.61 bits per heavy atom. The maximum Gasteiger partial charge on any atom is 0.312 e. The van der Waals surface area contributed by atoms with Crippen molar-refractivity contribution in [3.63, 3.8) is 0 Å². The van der Waals surface area contributed by atoms with Gasteiger partial charge in [-0.05, 0) is 0 Å². The lowest BCUT2D eigenvalue weighted by molar-refractivity contribution is -0.384. The molecule has 1 aliphatic heterocycles. The molecule has 0 aromatic carbocycles. The number of methoxy groups -OCH3 is 1. The average Bonchev–Trinajstić information content (AvgIpc) is 2.67. The van der Waals surface area contributed by atoms with Crippen LogP contribution in [0.1, 0.15) is 6.42 Å². The molecule has 2 heterocycles. The maximum atomic E-state index is 11.7. The molecule has 1 aliphatic rings. The van der Waals surface area contributed by atoms with E-state index in [1.165, 1.54) is 24.1 Å². The molecule has 1 atom stereocenters. The van der Waals surface area contributed by atoms with Gasteiger partial charge in [0.1, 0.15) is 0 Å². The summed E-state index contributed by atoms with van der Waals surface area (Å²) in [4.78, 5) is 27.2. The third kappa shape index (κ3) is 2.21. The number of amides is 1. The van der Waals surface area contributed by atoms with Gasteiger partial charge in [-0.2, -0.15) is 4.98 Å². The first-order chi connectivity index (χ1) is 8.52. The molecule has 0 spiro atoms. The van der Waals surface area contributed by atoms with Crippen LogP contribution in [0.5, 0.6) is 5.88 Å². The SMILES string of the molecule is COc1ccc([N+](=O)[O-])c(N2CC(Cl)CC2=O)n1. The molecule has 2 rings (SSSR count). The van der Waals surface area contributed by atoms with Crippen LogP contribution in [-0.2, 0) is 4.79 Å². The van der Waals surface area contributed by atoms with Gasteiger partial charge in [-0.3, -0.25) is 19.8 Å². The van der Waals surface area contributed by atoms with Crippen molar-refractivity contribution in [2.75, 3.05) is 18.6 Å². The van der Waals surface area contributed by atoms with Crippen molar-refractivity contribution >= 4 is 29.0 Å². The Labute approximate surface area is 107 Å². The van der Waals surface area contributed by atoms with E-state index in [2.05, 4.69) is 4.98 Å². The van der Waals surface area contributed by atoms with Crippen LogP contribution in [0, 0.1) is 10.1 Å². The molecular formula is C10H10ClN3O4. The van der Waals surface area contributed by atoms with Crippen LogP contribution in [0.2, 0.25) is 0 Å². The second-order valence-electron chi connectivity index (χ2n) is 3.76. The number of pyridine rings is 1. The van der Waals surface area contributed by atoms with E-state index >= 15 is 0 Å². The lowest BCUT2D eigenvalue weighted by Gasteiger charge is -2.15. The first kappa shape index (κ1) is 12.6. The molecule has 1 fully saturated rings. The predicted octanol–water partition coefficient (Wildman–Crippen LogP) is 1.34. The first-order valence-corrected chi connectivity index (χ1v) is 5.60. The van der Waals surface area contributed by atoms with Crippen molar-refractivity contribution in [3.8, 4) is 5.88 Å². The summed E-state index contributed by atoms with van der Waals surface area (Å²) in [5, 5.41) is 10.6. The molecular weight excluding hydrogens is 262 g/mol. The Hall–Kier alpha value is -1.89. The van der Waals surface area contributed by atoms with E-state index in [4.69, 9.17) is 16.3 Å². The van der Waals surface area contributed by atoms with Crippen molar-refractivity contribution < 1.29 is 14.5 Å². The van der Waals surface area contributed by atoms with Gasteiger partial charge in [0.15, 0.2) is 0 Å². The summed E-state index contributed by atoms with van der Waals surface area (Å²) in [7, 11) is 1.40. The van der Waals surface area contributed by atoms with E-state index in [0.717, 1.165) is 0 Å². The number of nitro groups is 1. The molecule has 1 aromatic rings. The zero-order chi connectivity index (χ0) is 13.3. The summed E-state index contributed by atoms with van der Waals surface area (Å²) in [6.07, 6.45) is 0.150. The highest BCUT2D eigenvalue weighted by molar-refractivity contribution is 6.24. The number of anilines is 1. The highest BCUT2D eigenvalue weighted by Gasteiger charge is 2.34. The topological polar surface area (TPSA) is 85.6 Å². The van der Waals surface area contributed by atoms with Gasteiger partial charge in [-0.1, -0.05) is 0 Å². The smallest absolute Gasteiger partial charge is 0.312 e. The Balaban J connectivity index is 2.47. The van der Waals surface area contributed by atoms with E-state index in [1.807, 2.05) is 0 Å². The molecule has 0 saturated carbocycles. The Bertz CT molecular complexity index is 508. The molecule has 1 aromatic heterocycles. The summed E-state index contributed by atoms with van der Waals surface area (Å²) in [6, 6.07) is 2.64. The van der Waals surface area contributed by atoms with Crippen LogP contribution in [0.25, 0.3) is 0 Å². The van der Waals surface area contributed by atoms with Gasteiger partial charge in [0.2, 0.25) is 17.6 Å². The number of alkyl halides is 1. The fraction of sp³-hybridized carbons (Fsp3) is 0.400. The molecule has 1 amide bonds. The van der Waals surface area contributed by atoms with Crippen molar-refractivity contribution in [2.45, 2.75) is 11.8 Å². The monoisotopic (exact) mass is 271 g/mol. The molecule has 96 valence electrons. The van der Waals surface area contributed by atoms with E-state index in [-0.39, 0.29) is 41.6 Å². The van der Waals surface area contributed by atoms with Gasteiger partial charge in [0, 0.05) is 25.1 Å². The molecule has 8 heteroatoms. The van der Waals surface area contributed by atoms with E-state index in [9.17, 15) is 14.9 Å². The van der Waals surface area contributed by atoms with Crippen LogP contribution in [0.4, 0.5) is 11.5 Å². The van der Waals surface area contributed by atoms with Crippen LogP contribution < -0.4 is 9.64 Å². The first-order valence-electron chi connectivity index (χ1n) is 5.16. The minimum atomic E-state index is -0.587. The van der Waals surface area contributed by atoms with Crippen molar-refractivity contribution in [3.05, 3.63) is 22.2 Å². The predicted molar refractivity (Wildman–Crippen MR) is 64.1 cm³/mol. The Morgan fingerprint density at radius 3 is 2.83 bits per heavy atom. The number of hydrogen-bond donors (Lipinski definition) is 0. The van der Waals surface area contributed by atoms with Crippen LogP contribution in [0.15, 0.2) is 12.1 Å². The Kier molecular flexibility index (Phi) is 3.33. The molecule has 0 N–H and O–H groups in total. The van der Waals surface area contributed by atoms with Crippen LogP contribution in [-0.4, -0.2) is 34.8 Å². The van der Waals surface area contributed by atoms with Gasteiger partial charge in [0.05, 0.1) is 17.4 Å². The summed E-state index contributed by atoms with van der Waals surface area (Å²) >= 11 is 5.87. The van der Waals surface area contributed by atoms with Gasteiger partial charge in [-0.15, -0.1) is 11.6 Å². The average molecular weight is 272 g/mol. The fourth-order valence-corrected chi connectivity index (χ4v) is 2.02. The van der Waals surface area contributed by atoms with Crippen molar-refractivity contribution in [1.29, 1.82) is 0 Å². The highest BCUT2D eigenvalue weighted by atomic mass is 35.5. The second kappa shape index (κ2) is 4.77. The molecule has 0 radical (unpaired) electrons. The zero-order valence-electron chi connectivity index (χ0n) is 9.50. The highest BCUT2D eigenvalue weighted by Crippen LogP contribution is 2.32. The van der Waals surface area contributed by atoms with Gasteiger partial charge >= 0.3 is 5.69 Å². The minimum Gasteiger partial charge on any atom is -0.481 e. The van der Waals surface area contributed by atoms with E-state index in [1.54, 1.807) is 0 Å². The molecule has 7 nitrogen and oxygen atoms in total. The molecule has 18 heavy (non-hydrogen) atoms.